The lowest BCUT2D eigenvalue weighted by Crippen LogP contribution is -2.35. The highest BCUT2D eigenvalue weighted by molar-refractivity contribution is 6.31. The number of carbonyl (C=O) groups is 1. The molecule has 1 aromatic carbocycles. The third kappa shape index (κ3) is 3.34. The van der Waals surface area contributed by atoms with Gasteiger partial charge in [0.1, 0.15) is 11.5 Å². The molecule has 0 aliphatic carbocycles. The highest BCUT2D eigenvalue weighted by Gasteiger charge is 2.22. The molecule has 0 radical (unpaired) electrons. The van der Waals surface area contributed by atoms with Crippen molar-refractivity contribution >= 4 is 23.2 Å². The number of aromatic amines is 1. The third-order valence-electron chi connectivity index (χ3n) is 4.30. The summed E-state index contributed by atoms with van der Waals surface area (Å²) in [7, 11) is 0. The first kappa shape index (κ1) is 15.9. The minimum Gasteiger partial charge on any atom is -0.369 e. The maximum Gasteiger partial charge on any atom is 0.271 e. The molecule has 2 heterocycles. The predicted molar refractivity (Wildman–Crippen MR) is 92.2 cm³/mol. The summed E-state index contributed by atoms with van der Waals surface area (Å²) in [5.41, 5.74) is 2.82. The SMILES string of the molecule is Cc1ncc(C(=O)N2CCCN(c3cccc(Cl)c3C)CC2)[nH]1. The summed E-state index contributed by atoms with van der Waals surface area (Å²) in [5, 5.41) is 0.785. The number of nitrogens with zero attached hydrogens (tertiary/aromatic N) is 3. The smallest absolute Gasteiger partial charge is 0.271 e. The first-order valence-electron chi connectivity index (χ1n) is 7.87. The van der Waals surface area contributed by atoms with E-state index in [1.807, 2.05) is 30.9 Å². The lowest BCUT2D eigenvalue weighted by Gasteiger charge is -2.25. The number of aromatic nitrogens is 2. The van der Waals surface area contributed by atoms with E-state index in [-0.39, 0.29) is 5.91 Å². The van der Waals surface area contributed by atoms with Crippen LogP contribution in [0.4, 0.5) is 5.69 Å². The molecule has 122 valence electrons. The highest BCUT2D eigenvalue weighted by atomic mass is 35.5. The molecule has 1 saturated heterocycles. The van der Waals surface area contributed by atoms with Crippen molar-refractivity contribution in [2.24, 2.45) is 0 Å². The molecule has 1 fully saturated rings. The van der Waals surface area contributed by atoms with E-state index in [0.717, 1.165) is 48.2 Å². The number of hydrogen-bond acceptors (Lipinski definition) is 3. The quantitative estimate of drug-likeness (QED) is 0.919. The van der Waals surface area contributed by atoms with Crippen molar-refractivity contribution in [3.05, 3.63) is 46.5 Å². The standard InChI is InChI=1S/C17H21ClN4O/c1-12-14(18)5-3-6-16(12)21-7-4-8-22(10-9-21)17(23)15-11-19-13(2)20-15/h3,5-6,11H,4,7-10H2,1-2H3,(H,19,20). The van der Waals surface area contributed by atoms with Gasteiger partial charge in [-0.1, -0.05) is 17.7 Å². The van der Waals surface area contributed by atoms with Crippen molar-refractivity contribution in [2.45, 2.75) is 20.3 Å². The predicted octanol–water partition coefficient (Wildman–Crippen LogP) is 3.03. The van der Waals surface area contributed by atoms with Gasteiger partial charge in [-0.3, -0.25) is 4.79 Å². The number of anilines is 1. The molecule has 0 bridgehead atoms. The van der Waals surface area contributed by atoms with Gasteiger partial charge in [0, 0.05) is 36.9 Å². The Labute approximate surface area is 141 Å². The van der Waals surface area contributed by atoms with Crippen LogP contribution < -0.4 is 4.90 Å². The van der Waals surface area contributed by atoms with Crippen LogP contribution >= 0.6 is 11.6 Å². The van der Waals surface area contributed by atoms with Gasteiger partial charge in [0.25, 0.3) is 5.91 Å². The molecule has 0 atom stereocenters. The molecule has 5 nitrogen and oxygen atoms in total. The number of H-pyrrole nitrogens is 1. The number of rotatable bonds is 2. The minimum absolute atomic E-state index is 0.0234. The van der Waals surface area contributed by atoms with Crippen molar-refractivity contribution < 1.29 is 4.79 Å². The van der Waals surface area contributed by atoms with Crippen LogP contribution in [0, 0.1) is 13.8 Å². The Balaban J connectivity index is 1.72. The number of benzene rings is 1. The van der Waals surface area contributed by atoms with Crippen molar-refractivity contribution in [1.29, 1.82) is 0 Å². The normalized spacial score (nSPS) is 15.6. The fraction of sp³-hybridized carbons (Fsp3) is 0.412. The van der Waals surface area contributed by atoms with Gasteiger partial charge in [-0.25, -0.2) is 4.98 Å². The fourth-order valence-electron chi connectivity index (χ4n) is 3.00. The number of imidazole rings is 1. The average Bonchev–Trinajstić information content (AvgIpc) is 2.83. The zero-order valence-electron chi connectivity index (χ0n) is 13.5. The molecule has 0 spiro atoms. The van der Waals surface area contributed by atoms with Crippen molar-refractivity contribution in [3.8, 4) is 0 Å². The molecule has 1 amide bonds. The summed E-state index contributed by atoms with van der Waals surface area (Å²) >= 11 is 6.23. The Morgan fingerprint density at radius 3 is 2.78 bits per heavy atom. The second kappa shape index (κ2) is 6.62. The van der Waals surface area contributed by atoms with Gasteiger partial charge in [-0.05, 0) is 38.0 Å². The summed E-state index contributed by atoms with van der Waals surface area (Å²) in [5.74, 6) is 0.787. The molecule has 1 N–H and O–H groups in total. The van der Waals surface area contributed by atoms with Gasteiger partial charge in [-0.2, -0.15) is 0 Å². The molecule has 0 unspecified atom stereocenters. The van der Waals surface area contributed by atoms with Crippen LogP contribution in [0.3, 0.4) is 0 Å². The molecule has 0 saturated carbocycles. The van der Waals surface area contributed by atoms with Gasteiger partial charge in [-0.15, -0.1) is 0 Å². The molecular weight excluding hydrogens is 312 g/mol. The number of carbonyl (C=O) groups excluding carboxylic acids is 1. The van der Waals surface area contributed by atoms with Crippen LogP contribution in [-0.4, -0.2) is 47.0 Å². The summed E-state index contributed by atoms with van der Waals surface area (Å²) in [4.78, 5) is 23.9. The first-order chi connectivity index (χ1) is 11.1. The van der Waals surface area contributed by atoms with E-state index < -0.39 is 0 Å². The van der Waals surface area contributed by atoms with Crippen molar-refractivity contribution in [1.82, 2.24) is 14.9 Å². The van der Waals surface area contributed by atoms with Gasteiger partial charge in [0.05, 0.1) is 6.20 Å². The number of aryl methyl sites for hydroxylation is 1. The number of nitrogens with one attached hydrogen (secondary N) is 1. The average molecular weight is 333 g/mol. The molecule has 3 rings (SSSR count). The maximum atomic E-state index is 12.5. The second-order valence-corrected chi connectivity index (χ2v) is 6.31. The van der Waals surface area contributed by atoms with E-state index in [2.05, 4.69) is 20.9 Å². The van der Waals surface area contributed by atoms with Crippen molar-refractivity contribution in [2.75, 3.05) is 31.1 Å². The molecular formula is C17H21ClN4O. The van der Waals surface area contributed by atoms with Crippen LogP contribution in [0.1, 0.15) is 28.3 Å². The van der Waals surface area contributed by atoms with E-state index >= 15 is 0 Å². The van der Waals surface area contributed by atoms with E-state index in [1.54, 1.807) is 6.20 Å². The van der Waals surface area contributed by atoms with E-state index in [1.165, 1.54) is 0 Å². The first-order valence-corrected chi connectivity index (χ1v) is 8.25. The summed E-state index contributed by atoms with van der Waals surface area (Å²) in [6, 6.07) is 5.98. The zero-order chi connectivity index (χ0) is 16.4. The largest absolute Gasteiger partial charge is 0.369 e. The minimum atomic E-state index is 0.0234. The van der Waals surface area contributed by atoms with Crippen LogP contribution in [-0.2, 0) is 0 Å². The van der Waals surface area contributed by atoms with E-state index in [0.29, 0.717) is 12.2 Å². The highest BCUT2D eigenvalue weighted by Crippen LogP contribution is 2.27. The lowest BCUT2D eigenvalue weighted by molar-refractivity contribution is 0.0761. The Bertz CT molecular complexity index is 712. The molecule has 2 aromatic rings. The monoisotopic (exact) mass is 332 g/mol. The molecule has 1 aromatic heterocycles. The molecule has 1 aliphatic heterocycles. The summed E-state index contributed by atoms with van der Waals surface area (Å²) in [6.45, 7) is 7.07. The third-order valence-corrected chi connectivity index (χ3v) is 4.71. The van der Waals surface area contributed by atoms with Crippen molar-refractivity contribution in [3.63, 3.8) is 0 Å². The topological polar surface area (TPSA) is 52.2 Å². The van der Waals surface area contributed by atoms with Crippen LogP contribution in [0.5, 0.6) is 0 Å². The van der Waals surface area contributed by atoms with Gasteiger partial charge in [0.15, 0.2) is 0 Å². The molecule has 6 heteroatoms. The molecule has 23 heavy (non-hydrogen) atoms. The second-order valence-electron chi connectivity index (χ2n) is 5.90. The maximum absolute atomic E-state index is 12.5. The Hall–Kier alpha value is -2.01. The number of amides is 1. The Morgan fingerprint density at radius 1 is 1.22 bits per heavy atom. The number of halogens is 1. The van der Waals surface area contributed by atoms with Gasteiger partial charge < -0.3 is 14.8 Å². The van der Waals surface area contributed by atoms with Gasteiger partial charge in [0.2, 0.25) is 0 Å². The Kier molecular flexibility index (Phi) is 4.57. The van der Waals surface area contributed by atoms with Gasteiger partial charge >= 0.3 is 0 Å². The van der Waals surface area contributed by atoms with Crippen LogP contribution in [0.15, 0.2) is 24.4 Å². The zero-order valence-corrected chi connectivity index (χ0v) is 14.2. The van der Waals surface area contributed by atoms with E-state index in [9.17, 15) is 4.79 Å². The summed E-state index contributed by atoms with van der Waals surface area (Å²) < 4.78 is 0. The summed E-state index contributed by atoms with van der Waals surface area (Å²) in [6.07, 6.45) is 2.55. The van der Waals surface area contributed by atoms with Crippen LogP contribution in [0.2, 0.25) is 5.02 Å². The van der Waals surface area contributed by atoms with E-state index in [4.69, 9.17) is 11.6 Å². The Morgan fingerprint density at radius 2 is 2.04 bits per heavy atom. The number of hydrogen-bond donors (Lipinski definition) is 1. The van der Waals surface area contributed by atoms with Crippen LogP contribution in [0.25, 0.3) is 0 Å². The fourth-order valence-corrected chi connectivity index (χ4v) is 3.17. The lowest BCUT2D eigenvalue weighted by atomic mass is 10.1. The molecule has 1 aliphatic rings.